The molecule has 0 atom stereocenters. The number of phenolic OH excluding ortho intramolecular Hbond substituents is 1. The number of benzene rings is 2. The Hall–Kier alpha value is -3.22. The van der Waals surface area contributed by atoms with Crippen LogP contribution in [0.2, 0.25) is 0 Å². The topological polar surface area (TPSA) is 90.8 Å². The average molecular weight is 329 g/mol. The summed E-state index contributed by atoms with van der Waals surface area (Å²) in [5, 5.41) is 15.7. The standard InChI is InChI=1S/C17H16FN3O3/c1-11(8-16(23)19-14-6-3-5-13(18)10-14)20-21-17(24)12-4-2-7-15(22)9-12/h2-7,9-10,22H,8H2,1H3,(H,19,23)(H,21,24)/b20-11-. The maximum atomic E-state index is 13.0. The molecule has 0 heterocycles. The Bertz CT molecular complexity index is 790. The van der Waals surface area contributed by atoms with Gasteiger partial charge in [-0.15, -0.1) is 0 Å². The fourth-order valence-corrected chi connectivity index (χ4v) is 1.90. The van der Waals surface area contributed by atoms with Gasteiger partial charge in [-0.05, 0) is 43.3 Å². The van der Waals surface area contributed by atoms with Gasteiger partial charge in [0.25, 0.3) is 5.91 Å². The van der Waals surface area contributed by atoms with Gasteiger partial charge >= 0.3 is 0 Å². The number of amides is 2. The molecule has 2 rings (SSSR count). The first-order valence-corrected chi connectivity index (χ1v) is 7.12. The van der Waals surface area contributed by atoms with Crippen molar-refractivity contribution in [3.05, 3.63) is 59.9 Å². The Morgan fingerprint density at radius 2 is 1.92 bits per heavy atom. The molecule has 0 aliphatic heterocycles. The summed E-state index contributed by atoms with van der Waals surface area (Å²) < 4.78 is 13.0. The van der Waals surface area contributed by atoms with Crippen LogP contribution in [-0.4, -0.2) is 22.6 Å². The third-order valence-corrected chi connectivity index (χ3v) is 2.98. The van der Waals surface area contributed by atoms with Crippen molar-refractivity contribution in [2.24, 2.45) is 5.10 Å². The molecule has 2 amide bonds. The van der Waals surface area contributed by atoms with Crippen LogP contribution in [-0.2, 0) is 4.79 Å². The van der Waals surface area contributed by atoms with Crippen LogP contribution in [0.4, 0.5) is 10.1 Å². The van der Waals surface area contributed by atoms with Crippen molar-refractivity contribution in [3.8, 4) is 5.75 Å². The monoisotopic (exact) mass is 329 g/mol. The zero-order chi connectivity index (χ0) is 17.5. The SMILES string of the molecule is C/C(CC(=O)Nc1cccc(F)c1)=N/NC(=O)c1cccc(O)c1. The smallest absolute Gasteiger partial charge is 0.271 e. The zero-order valence-electron chi connectivity index (χ0n) is 12.9. The number of anilines is 1. The molecule has 0 saturated heterocycles. The van der Waals surface area contributed by atoms with Gasteiger partial charge < -0.3 is 10.4 Å². The highest BCUT2D eigenvalue weighted by atomic mass is 19.1. The van der Waals surface area contributed by atoms with Crippen LogP contribution in [0.25, 0.3) is 0 Å². The van der Waals surface area contributed by atoms with Crippen molar-refractivity contribution in [1.82, 2.24) is 5.43 Å². The highest BCUT2D eigenvalue weighted by Crippen LogP contribution is 2.11. The van der Waals surface area contributed by atoms with Crippen molar-refractivity contribution in [3.63, 3.8) is 0 Å². The van der Waals surface area contributed by atoms with Gasteiger partial charge in [0.2, 0.25) is 5.91 Å². The number of nitrogens with zero attached hydrogens (tertiary/aromatic N) is 1. The van der Waals surface area contributed by atoms with Crippen LogP contribution in [0, 0.1) is 5.82 Å². The normalized spacial score (nSPS) is 11.0. The summed E-state index contributed by atoms with van der Waals surface area (Å²) in [7, 11) is 0. The number of carbonyl (C=O) groups is 2. The molecule has 2 aromatic carbocycles. The molecule has 0 aliphatic rings. The number of nitrogens with one attached hydrogen (secondary N) is 2. The van der Waals surface area contributed by atoms with E-state index in [2.05, 4.69) is 15.8 Å². The molecular weight excluding hydrogens is 313 g/mol. The predicted octanol–water partition coefficient (Wildman–Crippen LogP) is 2.67. The first kappa shape index (κ1) is 17.1. The number of rotatable bonds is 5. The quantitative estimate of drug-likeness (QED) is 0.582. The van der Waals surface area contributed by atoms with Crippen LogP contribution in [0.3, 0.4) is 0 Å². The number of halogens is 1. The second kappa shape index (κ2) is 7.87. The molecule has 124 valence electrons. The molecule has 0 saturated carbocycles. The highest BCUT2D eigenvalue weighted by molar-refractivity contribution is 6.06. The lowest BCUT2D eigenvalue weighted by Crippen LogP contribution is -2.21. The molecule has 0 radical (unpaired) electrons. The van der Waals surface area contributed by atoms with Crippen molar-refractivity contribution in [2.45, 2.75) is 13.3 Å². The predicted molar refractivity (Wildman–Crippen MR) is 88.3 cm³/mol. The first-order chi connectivity index (χ1) is 11.4. The van der Waals surface area contributed by atoms with E-state index in [9.17, 15) is 19.1 Å². The summed E-state index contributed by atoms with van der Waals surface area (Å²) in [5.74, 6) is -1.36. The fourth-order valence-electron chi connectivity index (χ4n) is 1.90. The van der Waals surface area contributed by atoms with E-state index in [-0.39, 0.29) is 23.6 Å². The molecular formula is C17H16FN3O3. The lowest BCUT2D eigenvalue weighted by atomic mass is 10.2. The van der Waals surface area contributed by atoms with Gasteiger partial charge in [-0.25, -0.2) is 9.82 Å². The van der Waals surface area contributed by atoms with E-state index >= 15 is 0 Å². The number of hydrazone groups is 1. The van der Waals surface area contributed by atoms with E-state index < -0.39 is 11.7 Å². The maximum absolute atomic E-state index is 13.0. The summed E-state index contributed by atoms with van der Waals surface area (Å²) in [6, 6.07) is 11.3. The second-order valence-electron chi connectivity index (χ2n) is 5.07. The molecule has 2 aromatic rings. The summed E-state index contributed by atoms with van der Waals surface area (Å²) >= 11 is 0. The largest absolute Gasteiger partial charge is 0.508 e. The van der Waals surface area contributed by atoms with E-state index in [1.165, 1.54) is 42.5 Å². The lowest BCUT2D eigenvalue weighted by molar-refractivity contribution is -0.115. The molecule has 0 fully saturated rings. The van der Waals surface area contributed by atoms with Crippen LogP contribution in [0.1, 0.15) is 23.7 Å². The van der Waals surface area contributed by atoms with Crippen LogP contribution in [0.5, 0.6) is 5.75 Å². The van der Waals surface area contributed by atoms with Gasteiger partial charge in [0.05, 0.1) is 6.42 Å². The van der Waals surface area contributed by atoms with E-state index in [0.29, 0.717) is 11.4 Å². The van der Waals surface area contributed by atoms with E-state index in [1.807, 2.05) is 0 Å². The molecule has 6 nitrogen and oxygen atoms in total. The third kappa shape index (κ3) is 5.20. The Balaban J connectivity index is 1.89. The van der Waals surface area contributed by atoms with Crippen molar-refractivity contribution < 1.29 is 19.1 Å². The Kier molecular flexibility index (Phi) is 5.62. The molecule has 3 N–H and O–H groups in total. The zero-order valence-corrected chi connectivity index (χ0v) is 12.9. The van der Waals surface area contributed by atoms with Gasteiger partial charge in [0.15, 0.2) is 0 Å². The lowest BCUT2D eigenvalue weighted by Gasteiger charge is -2.06. The second-order valence-corrected chi connectivity index (χ2v) is 5.07. The van der Waals surface area contributed by atoms with Gasteiger partial charge in [0, 0.05) is 17.0 Å². The minimum absolute atomic E-state index is 0.0298. The summed E-state index contributed by atoms with van der Waals surface area (Å²) in [6.07, 6.45) is -0.0587. The van der Waals surface area contributed by atoms with Gasteiger partial charge in [-0.3, -0.25) is 9.59 Å². The first-order valence-electron chi connectivity index (χ1n) is 7.12. The Morgan fingerprint density at radius 3 is 2.62 bits per heavy atom. The molecule has 0 unspecified atom stereocenters. The van der Waals surface area contributed by atoms with Crippen molar-refractivity contribution in [1.29, 1.82) is 0 Å². The average Bonchev–Trinajstić information content (AvgIpc) is 2.52. The Morgan fingerprint density at radius 1 is 1.17 bits per heavy atom. The van der Waals surface area contributed by atoms with Gasteiger partial charge in [-0.1, -0.05) is 12.1 Å². The molecule has 0 bridgehead atoms. The molecule has 7 heteroatoms. The van der Waals surface area contributed by atoms with Crippen LogP contribution < -0.4 is 10.7 Å². The van der Waals surface area contributed by atoms with Gasteiger partial charge in [-0.2, -0.15) is 5.10 Å². The minimum Gasteiger partial charge on any atom is -0.508 e. The number of hydrogen-bond acceptors (Lipinski definition) is 4. The summed E-state index contributed by atoms with van der Waals surface area (Å²) in [4.78, 5) is 23.7. The van der Waals surface area contributed by atoms with E-state index in [1.54, 1.807) is 13.0 Å². The minimum atomic E-state index is -0.504. The third-order valence-electron chi connectivity index (χ3n) is 2.98. The van der Waals surface area contributed by atoms with E-state index in [0.717, 1.165) is 0 Å². The number of carbonyl (C=O) groups excluding carboxylic acids is 2. The van der Waals surface area contributed by atoms with Crippen LogP contribution in [0.15, 0.2) is 53.6 Å². The summed E-state index contributed by atoms with van der Waals surface area (Å²) in [5.41, 5.74) is 3.26. The molecule has 24 heavy (non-hydrogen) atoms. The molecule has 0 aliphatic carbocycles. The van der Waals surface area contributed by atoms with Crippen molar-refractivity contribution in [2.75, 3.05) is 5.32 Å². The highest BCUT2D eigenvalue weighted by Gasteiger charge is 2.08. The number of phenols is 1. The Labute approximate surface area is 138 Å². The number of hydrogen-bond donors (Lipinski definition) is 3. The molecule has 0 spiro atoms. The van der Waals surface area contributed by atoms with Gasteiger partial charge in [0.1, 0.15) is 11.6 Å². The fraction of sp³-hybridized carbons (Fsp3) is 0.118. The van der Waals surface area contributed by atoms with Crippen LogP contribution >= 0.6 is 0 Å². The maximum Gasteiger partial charge on any atom is 0.271 e. The summed E-state index contributed by atoms with van der Waals surface area (Å²) in [6.45, 7) is 1.58. The van der Waals surface area contributed by atoms with Crippen molar-refractivity contribution >= 4 is 23.2 Å². The van der Waals surface area contributed by atoms with E-state index in [4.69, 9.17) is 0 Å². The molecule has 0 aromatic heterocycles. The number of aromatic hydroxyl groups is 1.